The van der Waals surface area contributed by atoms with Crippen LogP contribution in [0.15, 0.2) is 65.6 Å². The van der Waals surface area contributed by atoms with Crippen molar-refractivity contribution in [3.8, 4) is 17.2 Å². The third kappa shape index (κ3) is 7.38. The predicted molar refractivity (Wildman–Crippen MR) is 152 cm³/mol. The Hall–Kier alpha value is -3.40. The first-order valence-electron chi connectivity index (χ1n) is 13.3. The molecular weight excluding hydrogens is 514 g/mol. The molecule has 1 atom stereocenters. The second-order valence-electron chi connectivity index (χ2n) is 10.2. The maximum absolute atomic E-state index is 13.7. The Morgan fingerprint density at radius 2 is 1.74 bits per heavy atom. The first-order valence-corrected chi connectivity index (χ1v) is 14.7. The summed E-state index contributed by atoms with van der Waals surface area (Å²) in [7, 11) is -3.77. The van der Waals surface area contributed by atoms with Gasteiger partial charge in [-0.3, -0.25) is 4.79 Å². The van der Waals surface area contributed by atoms with Gasteiger partial charge >= 0.3 is 0 Å². The molecule has 1 saturated heterocycles. The number of ether oxygens (including phenoxy) is 1. The van der Waals surface area contributed by atoms with Crippen molar-refractivity contribution < 1.29 is 23.1 Å². The number of benzene rings is 3. The number of phenolic OH excluding ortho intramolecular Hbond substituents is 1. The van der Waals surface area contributed by atoms with E-state index in [0.29, 0.717) is 57.1 Å². The van der Waals surface area contributed by atoms with Crippen LogP contribution in [0.2, 0.25) is 0 Å². The minimum Gasteiger partial charge on any atom is -0.507 e. The fourth-order valence-corrected chi connectivity index (χ4v) is 6.41. The number of hydrogen-bond donors (Lipinski definition) is 3. The minimum atomic E-state index is -3.77. The normalized spacial score (nSPS) is 15.1. The van der Waals surface area contributed by atoms with Gasteiger partial charge in [-0.1, -0.05) is 31.2 Å². The molecule has 1 heterocycles. The average Bonchev–Trinajstić information content (AvgIpc) is 2.89. The molecule has 0 aromatic heterocycles. The standard InChI is InChI=1S/C30H37N3O5S/c1-21(10-11-32-30(35)26-6-4-5-7-27(26)34)17-24-8-9-28(38-25-18-22(2)16-23(3)19-25)29(20-24)39(36,37)33-14-12-31-13-15-33/h4-9,16,18-21,31,34H,10-15,17H2,1-3H3,(H,32,35). The molecular formula is C30H37N3O5S. The van der Waals surface area contributed by atoms with E-state index in [2.05, 4.69) is 17.6 Å². The number of nitrogens with one attached hydrogen (secondary N) is 2. The molecule has 3 aromatic rings. The lowest BCUT2D eigenvalue weighted by molar-refractivity contribution is 0.0949. The first kappa shape index (κ1) is 28.6. The fourth-order valence-electron chi connectivity index (χ4n) is 4.81. The molecule has 4 rings (SSSR count). The Morgan fingerprint density at radius 3 is 2.44 bits per heavy atom. The van der Waals surface area contributed by atoms with E-state index in [1.165, 1.54) is 10.4 Å². The van der Waals surface area contributed by atoms with E-state index in [9.17, 15) is 18.3 Å². The predicted octanol–water partition coefficient (Wildman–Crippen LogP) is 4.39. The number of phenols is 1. The van der Waals surface area contributed by atoms with Crippen molar-refractivity contribution in [3.05, 3.63) is 82.9 Å². The zero-order chi connectivity index (χ0) is 28.0. The van der Waals surface area contributed by atoms with Gasteiger partial charge in [0.15, 0.2) is 0 Å². The summed E-state index contributed by atoms with van der Waals surface area (Å²) >= 11 is 0. The second kappa shape index (κ2) is 12.6. The number of aryl methyl sites for hydroxylation is 2. The monoisotopic (exact) mass is 551 g/mol. The van der Waals surface area contributed by atoms with Gasteiger partial charge in [0.25, 0.3) is 5.91 Å². The van der Waals surface area contributed by atoms with Crippen LogP contribution in [0.25, 0.3) is 0 Å². The molecule has 9 heteroatoms. The maximum atomic E-state index is 13.7. The summed E-state index contributed by atoms with van der Waals surface area (Å²) in [4.78, 5) is 12.5. The van der Waals surface area contributed by atoms with Crippen LogP contribution in [0.1, 0.15) is 40.4 Å². The van der Waals surface area contributed by atoms with E-state index in [4.69, 9.17) is 4.74 Å². The van der Waals surface area contributed by atoms with E-state index >= 15 is 0 Å². The molecule has 0 radical (unpaired) electrons. The summed E-state index contributed by atoms with van der Waals surface area (Å²) in [5.41, 5.74) is 3.20. The number of carbonyl (C=O) groups is 1. The summed E-state index contributed by atoms with van der Waals surface area (Å²) in [5, 5.41) is 15.9. The third-order valence-electron chi connectivity index (χ3n) is 6.78. The second-order valence-corrected chi connectivity index (χ2v) is 12.1. The van der Waals surface area contributed by atoms with Crippen molar-refractivity contribution in [2.24, 2.45) is 5.92 Å². The molecule has 3 aromatic carbocycles. The Balaban J connectivity index is 1.50. The lowest BCUT2D eigenvalue weighted by Gasteiger charge is -2.27. The summed E-state index contributed by atoms with van der Waals surface area (Å²) in [6, 6.07) is 17.7. The number of para-hydroxylation sites is 1. The number of piperazine rings is 1. The smallest absolute Gasteiger partial charge is 0.255 e. The van der Waals surface area contributed by atoms with Gasteiger partial charge in [-0.2, -0.15) is 4.31 Å². The topological polar surface area (TPSA) is 108 Å². The van der Waals surface area contributed by atoms with Crippen molar-refractivity contribution >= 4 is 15.9 Å². The van der Waals surface area contributed by atoms with Crippen LogP contribution >= 0.6 is 0 Å². The van der Waals surface area contributed by atoms with Crippen molar-refractivity contribution in [1.29, 1.82) is 0 Å². The van der Waals surface area contributed by atoms with E-state index in [-0.39, 0.29) is 28.0 Å². The van der Waals surface area contributed by atoms with Crippen LogP contribution in [-0.4, -0.2) is 56.5 Å². The lowest BCUT2D eigenvalue weighted by atomic mass is 9.98. The highest BCUT2D eigenvalue weighted by molar-refractivity contribution is 7.89. The number of sulfonamides is 1. The van der Waals surface area contributed by atoms with Crippen LogP contribution in [-0.2, 0) is 16.4 Å². The summed E-state index contributed by atoms with van der Waals surface area (Å²) in [6.45, 7) is 8.49. The number of nitrogens with zero attached hydrogens (tertiary/aromatic N) is 1. The summed E-state index contributed by atoms with van der Waals surface area (Å²) < 4.78 is 35.1. The van der Waals surface area contributed by atoms with Gasteiger partial charge in [0, 0.05) is 32.7 Å². The molecule has 39 heavy (non-hydrogen) atoms. The molecule has 1 aliphatic rings. The van der Waals surface area contributed by atoms with E-state index < -0.39 is 10.0 Å². The highest BCUT2D eigenvalue weighted by Crippen LogP contribution is 2.33. The molecule has 1 aliphatic heterocycles. The Bertz CT molecular complexity index is 1400. The van der Waals surface area contributed by atoms with Crippen molar-refractivity contribution in [2.75, 3.05) is 32.7 Å². The van der Waals surface area contributed by atoms with E-state index in [1.807, 2.05) is 38.1 Å². The van der Waals surface area contributed by atoms with Gasteiger partial charge in [-0.05, 0) is 85.7 Å². The van der Waals surface area contributed by atoms with Gasteiger partial charge in [0.05, 0.1) is 5.56 Å². The number of carbonyl (C=O) groups excluding carboxylic acids is 1. The zero-order valence-corrected chi connectivity index (χ0v) is 23.6. The van der Waals surface area contributed by atoms with Gasteiger partial charge in [-0.15, -0.1) is 0 Å². The van der Waals surface area contributed by atoms with Crippen LogP contribution in [0.4, 0.5) is 0 Å². The highest BCUT2D eigenvalue weighted by Gasteiger charge is 2.29. The Kier molecular flexibility index (Phi) is 9.27. The largest absolute Gasteiger partial charge is 0.507 e. The van der Waals surface area contributed by atoms with Crippen LogP contribution in [0.3, 0.4) is 0 Å². The minimum absolute atomic E-state index is 0.0515. The molecule has 0 spiro atoms. The zero-order valence-electron chi connectivity index (χ0n) is 22.7. The van der Waals surface area contributed by atoms with Crippen molar-refractivity contribution in [3.63, 3.8) is 0 Å². The number of rotatable bonds is 10. The number of amides is 1. The summed E-state index contributed by atoms with van der Waals surface area (Å²) in [6.07, 6.45) is 1.33. The quantitative estimate of drug-likeness (QED) is 0.345. The maximum Gasteiger partial charge on any atom is 0.255 e. The van der Waals surface area contributed by atoms with Gasteiger partial charge < -0.3 is 20.5 Å². The number of hydrogen-bond acceptors (Lipinski definition) is 6. The van der Waals surface area contributed by atoms with E-state index in [1.54, 1.807) is 30.3 Å². The SMILES string of the molecule is Cc1cc(C)cc(Oc2ccc(CC(C)CCNC(=O)c3ccccc3O)cc2S(=O)(=O)N2CCNCC2)c1. The van der Waals surface area contributed by atoms with Gasteiger partial charge in [0.2, 0.25) is 10.0 Å². The molecule has 0 aliphatic carbocycles. The highest BCUT2D eigenvalue weighted by atomic mass is 32.2. The molecule has 0 saturated carbocycles. The molecule has 1 fully saturated rings. The van der Waals surface area contributed by atoms with Crippen molar-refractivity contribution in [2.45, 2.75) is 38.5 Å². The van der Waals surface area contributed by atoms with Crippen molar-refractivity contribution in [1.82, 2.24) is 14.9 Å². The molecule has 3 N–H and O–H groups in total. The Labute approximate surface area is 231 Å². The molecule has 0 bridgehead atoms. The Morgan fingerprint density at radius 1 is 1.05 bits per heavy atom. The summed E-state index contributed by atoms with van der Waals surface area (Å²) in [5.74, 6) is 0.716. The molecule has 208 valence electrons. The number of aromatic hydroxyl groups is 1. The first-order chi connectivity index (χ1) is 18.6. The molecule has 8 nitrogen and oxygen atoms in total. The molecule has 1 amide bonds. The molecule has 1 unspecified atom stereocenters. The lowest BCUT2D eigenvalue weighted by Crippen LogP contribution is -2.46. The van der Waals surface area contributed by atoms with Crippen LogP contribution in [0.5, 0.6) is 17.2 Å². The van der Waals surface area contributed by atoms with Crippen LogP contribution in [0, 0.1) is 19.8 Å². The van der Waals surface area contributed by atoms with E-state index in [0.717, 1.165) is 16.7 Å². The van der Waals surface area contributed by atoms with Crippen LogP contribution < -0.4 is 15.4 Å². The third-order valence-corrected chi connectivity index (χ3v) is 8.70. The van der Waals surface area contributed by atoms with Gasteiger partial charge in [0.1, 0.15) is 22.1 Å². The van der Waals surface area contributed by atoms with Gasteiger partial charge in [-0.25, -0.2) is 8.42 Å². The fraction of sp³-hybridized carbons (Fsp3) is 0.367. The average molecular weight is 552 g/mol.